The van der Waals surface area contributed by atoms with Gasteiger partial charge in [-0.1, -0.05) is 32.9 Å². The summed E-state index contributed by atoms with van der Waals surface area (Å²) in [5.41, 5.74) is 1.25. The van der Waals surface area contributed by atoms with E-state index in [4.69, 9.17) is 18.6 Å². The van der Waals surface area contributed by atoms with Crippen LogP contribution in [-0.2, 0) is 16.0 Å². The van der Waals surface area contributed by atoms with Gasteiger partial charge in [0.15, 0.2) is 6.10 Å². The van der Waals surface area contributed by atoms with Crippen molar-refractivity contribution >= 4 is 16.9 Å². The third kappa shape index (κ3) is 5.00. The summed E-state index contributed by atoms with van der Waals surface area (Å²) in [5, 5.41) is 0.367. The first-order valence-electron chi connectivity index (χ1n) is 10.2. The molecule has 30 heavy (non-hydrogen) atoms. The van der Waals surface area contributed by atoms with Crippen LogP contribution in [0.3, 0.4) is 0 Å². The number of hydrogen-bond donors (Lipinski definition) is 0. The lowest BCUT2D eigenvalue weighted by Gasteiger charge is -2.16. The van der Waals surface area contributed by atoms with E-state index in [2.05, 4.69) is 6.92 Å². The number of esters is 1. The molecular formula is C24H26O6. The van der Waals surface area contributed by atoms with Crippen molar-refractivity contribution in [1.82, 2.24) is 0 Å². The fourth-order valence-corrected chi connectivity index (χ4v) is 2.91. The molecule has 3 rings (SSSR count). The Hall–Kier alpha value is -3.28. The molecule has 3 aromatic rings. The number of ether oxygens (including phenoxy) is 3. The summed E-state index contributed by atoms with van der Waals surface area (Å²) in [6.45, 7) is 6.20. The van der Waals surface area contributed by atoms with Crippen LogP contribution >= 0.6 is 0 Å². The number of aryl methyl sites for hydroxylation is 1. The van der Waals surface area contributed by atoms with E-state index in [1.54, 1.807) is 18.2 Å². The number of hydrogen-bond acceptors (Lipinski definition) is 6. The van der Waals surface area contributed by atoms with Crippen LogP contribution < -0.4 is 14.9 Å². The largest absolute Gasteiger partial charge is 0.479 e. The fraction of sp³-hybridized carbons (Fsp3) is 0.333. The average Bonchev–Trinajstić information content (AvgIpc) is 2.78. The van der Waals surface area contributed by atoms with Crippen molar-refractivity contribution in [2.45, 2.75) is 46.1 Å². The highest BCUT2D eigenvalue weighted by Crippen LogP contribution is 2.25. The summed E-state index contributed by atoms with van der Waals surface area (Å²) in [6, 6.07) is 12.4. The van der Waals surface area contributed by atoms with Crippen molar-refractivity contribution in [1.29, 1.82) is 0 Å². The third-order valence-electron chi connectivity index (χ3n) is 4.63. The van der Waals surface area contributed by atoms with E-state index < -0.39 is 12.1 Å². The van der Waals surface area contributed by atoms with Crippen molar-refractivity contribution in [2.75, 3.05) is 6.61 Å². The van der Waals surface area contributed by atoms with E-state index in [1.807, 2.05) is 38.1 Å². The Bertz CT molecular complexity index is 1050. The van der Waals surface area contributed by atoms with Crippen LogP contribution in [0.15, 0.2) is 57.9 Å². The molecule has 6 heteroatoms. The second kappa shape index (κ2) is 9.96. The third-order valence-corrected chi connectivity index (χ3v) is 4.63. The molecule has 0 radical (unpaired) electrons. The lowest BCUT2D eigenvalue weighted by molar-refractivity contribution is -0.152. The Kier molecular flexibility index (Phi) is 7.12. The van der Waals surface area contributed by atoms with Crippen LogP contribution in [0.1, 0.15) is 39.2 Å². The molecule has 0 aliphatic carbocycles. The SMILES string of the molecule is CCCOC(=O)C(CC)Oc1ccc2c(=O)c(Oc3ccc(CC)cc3)coc2c1. The van der Waals surface area contributed by atoms with E-state index >= 15 is 0 Å². The van der Waals surface area contributed by atoms with Crippen LogP contribution in [0.5, 0.6) is 17.2 Å². The fourth-order valence-electron chi connectivity index (χ4n) is 2.91. The van der Waals surface area contributed by atoms with Gasteiger partial charge in [-0.3, -0.25) is 4.79 Å². The molecule has 0 spiro atoms. The maximum Gasteiger partial charge on any atom is 0.347 e. The maximum absolute atomic E-state index is 12.8. The molecule has 0 N–H and O–H groups in total. The van der Waals surface area contributed by atoms with Gasteiger partial charge in [-0.15, -0.1) is 0 Å². The van der Waals surface area contributed by atoms with Gasteiger partial charge in [0.2, 0.25) is 11.2 Å². The number of benzene rings is 2. The first-order valence-corrected chi connectivity index (χ1v) is 10.2. The van der Waals surface area contributed by atoms with E-state index in [0.717, 1.165) is 12.8 Å². The number of fused-ring (bicyclic) bond motifs is 1. The monoisotopic (exact) mass is 410 g/mol. The van der Waals surface area contributed by atoms with Crippen LogP contribution in [-0.4, -0.2) is 18.7 Å². The molecule has 0 fully saturated rings. The summed E-state index contributed by atoms with van der Waals surface area (Å²) >= 11 is 0. The van der Waals surface area contributed by atoms with Crippen molar-refractivity contribution in [3.63, 3.8) is 0 Å². The highest BCUT2D eigenvalue weighted by atomic mass is 16.6. The Balaban J connectivity index is 1.79. The van der Waals surface area contributed by atoms with E-state index in [0.29, 0.717) is 35.5 Å². The number of rotatable bonds is 9. The maximum atomic E-state index is 12.8. The minimum Gasteiger partial charge on any atom is -0.479 e. The molecule has 1 aromatic heterocycles. The lowest BCUT2D eigenvalue weighted by atomic mass is 10.2. The predicted molar refractivity (Wildman–Crippen MR) is 114 cm³/mol. The Morgan fingerprint density at radius 2 is 1.77 bits per heavy atom. The summed E-state index contributed by atoms with van der Waals surface area (Å²) in [4.78, 5) is 24.8. The topological polar surface area (TPSA) is 75.0 Å². The standard InChI is InChI=1S/C24H26O6/c1-4-13-27-24(26)20(6-3)30-18-11-12-19-21(14-18)28-15-22(23(19)25)29-17-9-7-16(5-2)8-10-17/h7-12,14-15,20H,4-6,13H2,1-3H3. The zero-order valence-electron chi connectivity index (χ0n) is 17.5. The van der Waals surface area contributed by atoms with Crippen LogP contribution in [0.2, 0.25) is 0 Å². The summed E-state index contributed by atoms with van der Waals surface area (Å²) in [6.07, 6.45) is 2.71. The molecule has 1 unspecified atom stereocenters. The minimum atomic E-state index is -0.713. The molecular weight excluding hydrogens is 384 g/mol. The van der Waals surface area contributed by atoms with E-state index in [-0.39, 0.29) is 11.2 Å². The van der Waals surface area contributed by atoms with Gasteiger partial charge in [-0.25, -0.2) is 4.79 Å². The van der Waals surface area contributed by atoms with Crippen LogP contribution in [0, 0.1) is 0 Å². The molecule has 2 aromatic carbocycles. The van der Waals surface area contributed by atoms with Gasteiger partial charge in [-0.2, -0.15) is 0 Å². The first kappa shape index (κ1) is 21.4. The van der Waals surface area contributed by atoms with E-state index in [9.17, 15) is 9.59 Å². The molecule has 1 atom stereocenters. The first-order chi connectivity index (χ1) is 14.5. The highest BCUT2D eigenvalue weighted by molar-refractivity contribution is 5.79. The van der Waals surface area contributed by atoms with E-state index in [1.165, 1.54) is 11.8 Å². The van der Waals surface area contributed by atoms with Crippen molar-refractivity contribution in [2.24, 2.45) is 0 Å². The second-order valence-corrected chi connectivity index (χ2v) is 6.87. The van der Waals surface area contributed by atoms with Crippen LogP contribution in [0.4, 0.5) is 0 Å². The van der Waals surface area contributed by atoms with Crippen molar-refractivity contribution in [3.05, 3.63) is 64.5 Å². The molecule has 0 bridgehead atoms. The van der Waals surface area contributed by atoms with Crippen molar-refractivity contribution < 1.29 is 23.4 Å². The molecule has 158 valence electrons. The average molecular weight is 410 g/mol. The van der Waals surface area contributed by atoms with Gasteiger partial charge in [0.05, 0.1) is 12.0 Å². The molecule has 0 saturated heterocycles. The molecule has 1 heterocycles. The number of carbonyl (C=O) groups excluding carboxylic acids is 1. The normalized spacial score (nSPS) is 11.8. The highest BCUT2D eigenvalue weighted by Gasteiger charge is 2.20. The smallest absolute Gasteiger partial charge is 0.347 e. The molecule has 0 amide bonds. The van der Waals surface area contributed by atoms with Gasteiger partial charge in [0.25, 0.3) is 0 Å². The Morgan fingerprint density at radius 1 is 1.03 bits per heavy atom. The van der Waals surface area contributed by atoms with Gasteiger partial charge >= 0.3 is 5.97 Å². The Labute approximate surface area is 175 Å². The van der Waals surface area contributed by atoms with Crippen LogP contribution in [0.25, 0.3) is 11.0 Å². The molecule has 6 nitrogen and oxygen atoms in total. The van der Waals surface area contributed by atoms with Gasteiger partial charge in [0, 0.05) is 6.07 Å². The number of carbonyl (C=O) groups is 1. The molecule has 0 saturated carbocycles. The molecule has 0 aliphatic rings. The summed E-state index contributed by atoms with van der Waals surface area (Å²) in [5.74, 6) is 0.693. The lowest BCUT2D eigenvalue weighted by Crippen LogP contribution is -2.28. The van der Waals surface area contributed by atoms with Gasteiger partial charge < -0.3 is 18.6 Å². The second-order valence-electron chi connectivity index (χ2n) is 6.87. The summed E-state index contributed by atoms with van der Waals surface area (Å²) < 4.78 is 22.2. The molecule has 0 aliphatic heterocycles. The summed E-state index contributed by atoms with van der Waals surface area (Å²) in [7, 11) is 0. The zero-order chi connectivity index (χ0) is 21.5. The quantitative estimate of drug-likeness (QED) is 0.448. The minimum absolute atomic E-state index is 0.106. The predicted octanol–water partition coefficient (Wildman–Crippen LogP) is 5.26. The van der Waals surface area contributed by atoms with Gasteiger partial charge in [-0.05, 0) is 49.1 Å². The Morgan fingerprint density at radius 3 is 2.43 bits per heavy atom. The zero-order valence-corrected chi connectivity index (χ0v) is 17.5. The van der Waals surface area contributed by atoms with Gasteiger partial charge in [0.1, 0.15) is 23.3 Å². The van der Waals surface area contributed by atoms with Crippen molar-refractivity contribution in [3.8, 4) is 17.2 Å².